The van der Waals surface area contributed by atoms with Crippen LogP contribution in [0.5, 0.6) is 0 Å². The molecule has 0 aliphatic heterocycles. The molecule has 14 heavy (non-hydrogen) atoms. The number of aliphatic hydroxyl groups excluding tert-OH is 1. The summed E-state index contributed by atoms with van der Waals surface area (Å²) in [4.78, 5) is 1.08. The zero-order valence-electron chi connectivity index (χ0n) is 8.67. The molecule has 1 heterocycles. The van der Waals surface area contributed by atoms with Crippen LogP contribution >= 0.6 is 27.3 Å². The monoisotopic (exact) mass is 277 g/mol. The van der Waals surface area contributed by atoms with Gasteiger partial charge in [-0.3, -0.25) is 0 Å². The maximum atomic E-state index is 9.33. The van der Waals surface area contributed by atoms with Crippen LogP contribution in [0.15, 0.2) is 15.9 Å². The second kappa shape index (κ2) is 3.93. The van der Waals surface area contributed by atoms with Crippen molar-refractivity contribution in [2.24, 2.45) is 11.1 Å². The molecule has 2 nitrogen and oxygen atoms in total. The van der Waals surface area contributed by atoms with Crippen molar-refractivity contribution in [1.29, 1.82) is 0 Å². The van der Waals surface area contributed by atoms with Crippen LogP contribution in [-0.4, -0.2) is 11.7 Å². The average molecular weight is 278 g/mol. The van der Waals surface area contributed by atoms with Gasteiger partial charge in [0.1, 0.15) is 0 Å². The lowest BCUT2D eigenvalue weighted by Gasteiger charge is -2.39. The minimum absolute atomic E-state index is 0.0737. The Hall–Kier alpha value is 0.100. The molecule has 1 aromatic heterocycles. The van der Waals surface area contributed by atoms with E-state index < -0.39 is 5.54 Å². The fourth-order valence-electron chi connectivity index (χ4n) is 1.14. The van der Waals surface area contributed by atoms with Crippen LogP contribution in [-0.2, 0) is 5.54 Å². The lowest BCUT2D eigenvalue weighted by atomic mass is 9.74. The van der Waals surface area contributed by atoms with Crippen molar-refractivity contribution in [1.82, 2.24) is 0 Å². The zero-order valence-corrected chi connectivity index (χ0v) is 11.1. The number of halogens is 1. The number of thiophene rings is 1. The van der Waals surface area contributed by atoms with Gasteiger partial charge in [-0.1, -0.05) is 13.8 Å². The van der Waals surface area contributed by atoms with Gasteiger partial charge in [-0.15, -0.1) is 11.3 Å². The van der Waals surface area contributed by atoms with Crippen molar-refractivity contribution < 1.29 is 5.11 Å². The molecule has 3 N–H and O–H groups in total. The summed E-state index contributed by atoms with van der Waals surface area (Å²) in [5.74, 6) is 0. The van der Waals surface area contributed by atoms with Gasteiger partial charge in [0.25, 0.3) is 0 Å². The summed E-state index contributed by atoms with van der Waals surface area (Å²) in [5, 5.41) is 11.3. The summed E-state index contributed by atoms with van der Waals surface area (Å²) < 4.78 is 1.02. The van der Waals surface area contributed by atoms with Gasteiger partial charge in [-0.2, -0.15) is 0 Å². The number of aliphatic hydroxyl groups is 1. The van der Waals surface area contributed by atoms with Crippen LogP contribution < -0.4 is 5.73 Å². The van der Waals surface area contributed by atoms with E-state index in [9.17, 15) is 5.11 Å². The SMILES string of the molecule is CC(C)(CO)[C@](C)(N)c1sccc1Br. The Kier molecular flexibility index (Phi) is 3.41. The summed E-state index contributed by atoms with van der Waals surface area (Å²) >= 11 is 5.09. The molecule has 0 aromatic carbocycles. The Labute approximate surface area is 97.3 Å². The molecule has 0 amide bonds. The van der Waals surface area contributed by atoms with Crippen LogP contribution in [0.2, 0.25) is 0 Å². The first kappa shape index (κ1) is 12.2. The van der Waals surface area contributed by atoms with E-state index in [-0.39, 0.29) is 12.0 Å². The Balaban J connectivity index is 3.14. The molecule has 0 spiro atoms. The Morgan fingerprint density at radius 1 is 1.50 bits per heavy atom. The minimum Gasteiger partial charge on any atom is -0.396 e. The lowest BCUT2D eigenvalue weighted by Crippen LogP contribution is -2.48. The van der Waals surface area contributed by atoms with E-state index in [1.54, 1.807) is 11.3 Å². The molecule has 80 valence electrons. The first-order valence-corrected chi connectivity index (χ1v) is 6.13. The second-order valence-electron chi connectivity index (χ2n) is 4.34. The highest BCUT2D eigenvalue weighted by Crippen LogP contribution is 2.42. The fraction of sp³-hybridized carbons (Fsp3) is 0.600. The Morgan fingerprint density at radius 3 is 2.43 bits per heavy atom. The van der Waals surface area contributed by atoms with Crippen LogP contribution in [0.3, 0.4) is 0 Å². The third kappa shape index (κ3) is 1.89. The van der Waals surface area contributed by atoms with E-state index in [0.29, 0.717) is 0 Å². The van der Waals surface area contributed by atoms with Crippen LogP contribution in [0, 0.1) is 5.41 Å². The molecule has 0 aliphatic carbocycles. The van der Waals surface area contributed by atoms with Crippen molar-refractivity contribution in [2.75, 3.05) is 6.61 Å². The van der Waals surface area contributed by atoms with Gasteiger partial charge in [0, 0.05) is 14.8 Å². The maximum Gasteiger partial charge on any atom is 0.0560 e. The van der Waals surface area contributed by atoms with Gasteiger partial charge < -0.3 is 10.8 Å². The molecule has 0 unspecified atom stereocenters. The van der Waals surface area contributed by atoms with Gasteiger partial charge in [-0.05, 0) is 34.3 Å². The summed E-state index contributed by atoms with van der Waals surface area (Å²) in [6, 6.07) is 1.98. The van der Waals surface area contributed by atoms with E-state index in [2.05, 4.69) is 15.9 Å². The van der Waals surface area contributed by atoms with Crippen LogP contribution in [0.25, 0.3) is 0 Å². The molecule has 0 aliphatic rings. The summed E-state index contributed by atoms with van der Waals surface area (Å²) in [6.07, 6.45) is 0. The molecule has 0 saturated carbocycles. The van der Waals surface area contributed by atoms with E-state index in [1.807, 2.05) is 32.2 Å². The highest BCUT2D eigenvalue weighted by atomic mass is 79.9. The smallest absolute Gasteiger partial charge is 0.0560 e. The van der Waals surface area contributed by atoms with Crippen molar-refractivity contribution in [2.45, 2.75) is 26.3 Å². The molecule has 0 fully saturated rings. The third-order valence-electron chi connectivity index (χ3n) is 2.89. The van der Waals surface area contributed by atoms with Gasteiger partial charge in [0.15, 0.2) is 0 Å². The Bertz CT molecular complexity index is 320. The van der Waals surface area contributed by atoms with Crippen LogP contribution in [0.4, 0.5) is 0 Å². The van der Waals surface area contributed by atoms with Gasteiger partial charge >= 0.3 is 0 Å². The van der Waals surface area contributed by atoms with Crippen molar-refractivity contribution in [3.8, 4) is 0 Å². The molecule has 4 heteroatoms. The largest absolute Gasteiger partial charge is 0.396 e. The number of hydrogen-bond donors (Lipinski definition) is 2. The van der Waals surface area contributed by atoms with E-state index in [4.69, 9.17) is 5.73 Å². The van der Waals surface area contributed by atoms with E-state index >= 15 is 0 Å². The molecule has 0 radical (unpaired) electrons. The minimum atomic E-state index is -0.519. The highest BCUT2D eigenvalue weighted by molar-refractivity contribution is 9.10. The summed E-state index contributed by atoms with van der Waals surface area (Å²) in [7, 11) is 0. The van der Waals surface area contributed by atoms with Gasteiger partial charge in [0.2, 0.25) is 0 Å². The molecule has 0 saturated heterocycles. The second-order valence-corrected chi connectivity index (χ2v) is 6.11. The number of nitrogens with two attached hydrogens (primary N) is 1. The maximum absolute atomic E-state index is 9.33. The quantitative estimate of drug-likeness (QED) is 0.893. The predicted molar refractivity (Wildman–Crippen MR) is 64.4 cm³/mol. The molecular weight excluding hydrogens is 262 g/mol. The highest BCUT2D eigenvalue weighted by Gasteiger charge is 2.40. The standard InChI is InChI=1S/C10H16BrNOS/c1-9(2,6-13)10(3,12)8-7(11)4-5-14-8/h4-5,13H,6,12H2,1-3H3/t10-/m1/s1. The molecule has 1 aromatic rings. The molecule has 0 bridgehead atoms. The molecular formula is C10H16BrNOS. The zero-order chi connectivity index (χ0) is 11.0. The van der Waals surface area contributed by atoms with Gasteiger partial charge in [-0.25, -0.2) is 0 Å². The number of hydrogen-bond acceptors (Lipinski definition) is 3. The van der Waals surface area contributed by atoms with Crippen molar-refractivity contribution in [3.63, 3.8) is 0 Å². The van der Waals surface area contributed by atoms with Crippen LogP contribution in [0.1, 0.15) is 25.6 Å². The predicted octanol–water partition coefficient (Wildman–Crippen LogP) is 2.70. The Morgan fingerprint density at radius 2 is 2.07 bits per heavy atom. The van der Waals surface area contributed by atoms with Gasteiger partial charge in [0.05, 0.1) is 12.1 Å². The third-order valence-corrected chi connectivity index (χ3v) is 4.97. The summed E-state index contributed by atoms with van der Waals surface area (Å²) in [5.41, 5.74) is 5.44. The average Bonchev–Trinajstić information content (AvgIpc) is 2.51. The molecule has 1 rings (SSSR count). The van der Waals surface area contributed by atoms with Crippen molar-refractivity contribution in [3.05, 3.63) is 20.8 Å². The topological polar surface area (TPSA) is 46.2 Å². The lowest BCUT2D eigenvalue weighted by molar-refractivity contribution is 0.0827. The normalized spacial score (nSPS) is 16.7. The van der Waals surface area contributed by atoms with Crippen molar-refractivity contribution >= 4 is 27.3 Å². The van der Waals surface area contributed by atoms with E-state index in [1.165, 1.54) is 0 Å². The fourth-order valence-corrected chi connectivity index (χ4v) is 3.18. The van der Waals surface area contributed by atoms with E-state index in [0.717, 1.165) is 9.35 Å². The molecule has 1 atom stereocenters. The first-order chi connectivity index (χ1) is 6.33. The summed E-state index contributed by atoms with van der Waals surface area (Å²) in [6.45, 7) is 5.97. The first-order valence-electron chi connectivity index (χ1n) is 4.46. The number of rotatable bonds is 3.